The molecule has 0 fully saturated rings. The molecule has 1 aromatic heterocycles. The molecule has 0 radical (unpaired) electrons. The summed E-state index contributed by atoms with van der Waals surface area (Å²) in [5, 5.41) is 13.7. The topological polar surface area (TPSA) is 69.0 Å². The first kappa shape index (κ1) is 18.7. The highest BCUT2D eigenvalue weighted by Crippen LogP contribution is 2.25. The number of carbonyl (C=O) groups is 1. The first-order chi connectivity index (χ1) is 12.9. The van der Waals surface area contributed by atoms with Gasteiger partial charge < -0.3 is 10.2 Å². The molecule has 0 unspecified atom stereocenters. The standard InChI is InChI=1S/C21H19ClN4O/c1-13-5-4-6-14(2)21(13)25-20(27)12-26(3)19-9-15(11-23)17-10-16(22)7-8-18(17)24-19/h4-10H,12H2,1-3H3,(H,25,27). The van der Waals surface area contributed by atoms with Gasteiger partial charge in [-0.25, -0.2) is 4.98 Å². The SMILES string of the molecule is Cc1cccc(C)c1NC(=O)CN(C)c1cc(C#N)c2cc(Cl)ccc2n1. The average Bonchev–Trinajstić information content (AvgIpc) is 2.64. The molecule has 0 spiro atoms. The highest BCUT2D eigenvalue weighted by atomic mass is 35.5. The monoisotopic (exact) mass is 378 g/mol. The number of halogens is 1. The van der Waals surface area contributed by atoms with Crippen LogP contribution >= 0.6 is 11.6 Å². The first-order valence-corrected chi connectivity index (χ1v) is 8.84. The van der Waals surface area contributed by atoms with Gasteiger partial charge >= 0.3 is 0 Å². The second-order valence-corrected chi connectivity index (χ2v) is 6.91. The highest BCUT2D eigenvalue weighted by molar-refractivity contribution is 6.31. The van der Waals surface area contributed by atoms with E-state index < -0.39 is 0 Å². The fraction of sp³-hybridized carbons (Fsp3) is 0.190. The third-order valence-corrected chi connectivity index (χ3v) is 4.63. The molecule has 3 rings (SSSR count). The lowest BCUT2D eigenvalue weighted by Gasteiger charge is -2.19. The van der Waals surface area contributed by atoms with E-state index in [4.69, 9.17) is 11.6 Å². The third kappa shape index (κ3) is 4.02. The molecule has 6 heteroatoms. The van der Waals surface area contributed by atoms with Crippen molar-refractivity contribution in [2.45, 2.75) is 13.8 Å². The molecule has 0 saturated heterocycles. The maximum absolute atomic E-state index is 12.5. The summed E-state index contributed by atoms with van der Waals surface area (Å²) in [6, 6.07) is 14.9. The summed E-state index contributed by atoms with van der Waals surface area (Å²) < 4.78 is 0. The minimum Gasteiger partial charge on any atom is -0.350 e. The number of carbonyl (C=O) groups excluding carboxylic acids is 1. The van der Waals surface area contributed by atoms with Gasteiger partial charge in [-0.3, -0.25) is 4.79 Å². The number of nitrogens with one attached hydrogen (secondary N) is 1. The minimum atomic E-state index is -0.147. The number of aromatic nitrogens is 1. The van der Waals surface area contributed by atoms with Crippen LogP contribution in [0.3, 0.4) is 0 Å². The average molecular weight is 379 g/mol. The molecule has 0 aliphatic carbocycles. The Kier molecular flexibility index (Phi) is 5.29. The quantitative estimate of drug-likeness (QED) is 0.728. The van der Waals surface area contributed by atoms with E-state index in [-0.39, 0.29) is 12.5 Å². The number of nitriles is 1. The van der Waals surface area contributed by atoms with Gasteiger partial charge in [0.15, 0.2) is 0 Å². The number of nitrogens with zero attached hydrogens (tertiary/aromatic N) is 3. The van der Waals surface area contributed by atoms with E-state index >= 15 is 0 Å². The highest BCUT2D eigenvalue weighted by Gasteiger charge is 2.14. The number of hydrogen-bond donors (Lipinski definition) is 1. The van der Waals surface area contributed by atoms with Crippen LogP contribution in [0.2, 0.25) is 5.02 Å². The molecule has 136 valence electrons. The van der Waals surface area contributed by atoms with Crippen molar-refractivity contribution in [1.29, 1.82) is 5.26 Å². The van der Waals surface area contributed by atoms with Crippen LogP contribution in [-0.4, -0.2) is 24.5 Å². The van der Waals surface area contributed by atoms with E-state index in [1.54, 1.807) is 36.2 Å². The fourth-order valence-electron chi connectivity index (χ4n) is 2.96. The molecule has 1 heterocycles. The lowest BCUT2D eigenvalue weighted by atomic mass is 10.1. The maximum Gasteiger partial charge on any atom is 0.243 e. The number of likely N-dealkylation sites (N-methyl/N-ethyl adjacent to an activating group) is 1. The number of rotatable bonds is 4. The molecule has 27 heavy (non-hydrogen) atoms. The molecular formula is C21H19ClN4O. The van der Waals surface area contributed by atoms with Gasteiger partial charge in [-0.05, 0) is 49.2 Å². The largest absolute Gasteiger partial charge is 0.350 e. The molecule has 0 aliphatic heterocycles. The van der Waals surface area contributed by atoms with Crippen molar-refractivity contribution in [1.82, 2.24) is 4.98 Å². The Morgan fingerprint density at radius 2 is 1.93 bits per heavy atom. The number of aryl methyl sites for hydroxylation is 2. The summed E-state index contributed by atoms with van der Waals surface area (Å²) in [7, 11) is 1.77. The molecule has 0 aliphatic rings. The molecule has 0 saturated carbocycles. The van der Waals surface area contributed by atoms with Crippen LogP contribution < -0.4 is 10.2 Å². The van der Waals surface area contributed by atoms with Crippen LogP contribution in [0.4, 0.5) is 11.5 Å². The molecule has 2 aromatic carbocycles. The minimum absolute atomic E-state index is 0.116. The van der Waals surface area contributed by atoms with Crippen molar-refractivity contribution >= 4 is 39.9 Å². The second kappa shape index (κ2) is 7.65. The number of hydrogen-bond acceptors (Lipinski definition) is 4. The van der Waals surface area contributed by atoms with E-state index in [2.05, 4.69) is 16.4 Å². The number of fused-ring (bicyclic) bond motifs is 1. The van der Waals surface area contributed by atoms with Gasteiger partial charge in [0.25, 0.3) is 0 Å². The molecule has 0 atom stereocenters. The van der Waals surface area contributed by atoms with Crippen molar-refractivity contribution in [3.63, 3.8) is 0 Å². The molecule has 0 bridgehead atoms. The predicted octanol–water partition coefficient (Wildman–Crippen LogP) is 4.45. The number of anilines is 2. The molecule has 1 N–H and O–H groups in total. The summed E-state index contributed by atoms with van der Waals surface area (Å²) in [5.74, 6) is 0.407. The Morgan fingerprint density at radius 3 is 2.59 bits per heavy atom. The first-order valence-electron chi connectivity index (χ1n) is 8.46. The summed E-state index contributed by atoms with van der Waals surface area (Å²) in [6.07, 6.45) is 0. The summed E-state index contributed by atoms with van der Waals surface area (Å²) in [6.45, 7) is 4.04. The van der Waals surface area contributed by atoms with E-state index in [0.717, 1.165) is 16.8 Å². The number of pyridine rings is 1. The lowest BCUT2D eigenvalue weighted by molar-refractivity contribution is -0.114. The van der Waals surface area contributed by atoms with E-state index in [9.17, 15) is 10.1 Å². The molecule has 3 aromatic rings. The molecule has 5 nitrogen and oxygen atoms in total. The predicted molar refractivity (Wildman–Crippen MR) is 109 cm³/mol. The molecule has 1 amide bonds. The Balaban J connectivity index is 1.84. The van der Waals surface area contributed by atoms with Gasteiger partial charge in [0.05, 0.1) is 23.7 Å². The maximum atomic E-state index is 12.5. The van der Waals surface area contributed by atoms with E-state index in [0.29, 0.717) is 27.3 Å². The normalized spacial score (nSPS) is 10.5. The van der Waals surface area contributed by atoms with Crippen LogP contribution in [0.5, 0.6) is 0 Å². The van der Waals surface area contributed by atoms with Crippen molar-refractivity contribution in [3.05, 3.63) is 64.2 Å². The number of amides is 1. The van der Waals surface area contributed by atoms with E-state index in [1.165, 1.54) is 0 Å². The number of benzene rings is 2. The van der Waals surface area contributed by atoms with Crippen molar-refractivity contribution in [2.75, 3.05) is 23.8 Å². The van der Waals surface area contributed by atoms with Crippen molar-refractivity contribution < 1.29 is 4.79 Å². The Bertz CT molecular complexity index is 1050. The van der Waals surface area contributed by atoms with Gasteiger partial charge in [0, 0.05) is 23.1 Å². The number of para-hydroxylation sites is 1. The zero-order valence-electron chi connectivity index (χ0n) is 15.4. The molecular weight excluding hydrogens is 360 g/mol. The Hall–Kier alpha value is -3.10. The smallest absolute Gasteiger partial charge is 0.243 e. The van der Waals surface area contributed by atoms with Gasteiger partial charge in [-0.2, -0.15) is 5.26 Å². The van der Waals surface area contributed by atoms with Crippen LogP contribution in [0.25, 0.3) is 10.9 Å². The zero-order valence-corrected chi connectivity index (χ0v) is 16.1. The van der Waals surface area contributed by atoms with Crippen LogP contribution in [0.15, 0.2) is 42.5 Å². The lowest BCUT2D eigenvalue weighted by Crippen LogP contribution is -2.31. The van der Waals surface area contributed by atoms with E-state index in [1.807, 2.05) is 32.0 Å². The summed E-state index contributed by atoms with van der Waals surface area (Å²) in [4.78, 5) is 18.8. The van der Waals surface area contributed by atoms with Gasteiger partial charge in [-0.15, -0.1) is 0 Å². The fourth-order valence-corrected chi connectivity index (χ4v) is 3.13. The Labute approximate surface area is 163 Å². The third-order valence-electron chi connectivity index (χ3n) is 4.40. The van der Waals surface area contributed by atoms with Gasteiger partial charge in [-0.1, -0.05) is 29.8 Å². The second-order valence-electron chi connectivity index (χ2n) is 6.47. The van der Waals surface area contributed by atoms with Crippen molar-refractivity contribution in [3.8, 4) is 6.07 Å². The zero-order chi connectivity index (χ0) is 19.6. The van der Waals surface area contributed by atoms with Gasteiger partial charge in [0.2, 0.25) is 5.91 Å². The summed E-state index contributed by atoms with van der Waals surface area (Å²) in [5.41, 5.74) is 3.99. The van der Waals surface area contributed by atoms with Crippen molar-refractivity contribution in [2.24, 2.45) is 0 Å². The van der Waals surface area contributed by atoms with Gasteiger partial charge in [0.1, 0.15) is 5.82 Å². The van der Waals surface area contributed by atoms with Crippen LogP contribution in [0, 0.1) is 25.2 Å². The van der Waals surface area contributed by atoms with Crippen LogP contribution in [-0.2, 0) is 4.79 Å². The Morgan fingerprint density at radius 1 is 1.22 bits per heavy atom. The van der Waals surface area contributed by atoms with Crippen LogP contribution in [0.1, 0.15) is 16.7 Å². The summed E-state index contributed by atoms with van der Waals surface area (Å²) >= 11 is 6.02.